The maximum absolute atomic E-state index is 6.89. The Bertz CT molecular complexity index is 747. The SMILES string of the molecule is CCCCOCC1OC([C@H](OC)c2ccc(Br)cc2C)C(OCCCC)C(OCCCC)C1OCCCC. The number of methoxy groups -OCH3 is 1. The molecule has 0 aromatic heterocycles. The summed E-state index contributed by atoms with van der Waals surface area (Å²) in [6.07, 6.45) is 6.43. The molecule has 1 fully saturated rings. The highest BCUT2D eigenvalue weighted by Crippen LogP contribution is 2.38. The fraction of sp³-hybridized carbons (Fsp3) is 0.806. The van der Waals surface area contributed by atoms with E-state index in [0.29, 0.717) is 33.0 Å². The maximum atomic E-state index is 6.89. The Kier molecular flexibility index (Phi) is 17.3. The molecule has 1 aromatic carbocycles. The minimum Gasteiger partial charge on any atom is -0.379 e. The Hall–Kier alpha value is -0.540. The largest absolute Gasteiger partial charge is 0.379 e. The summed E-state index contributed by atoms with van der Waals surface area (Å²) in [6.45, 7) is 14.0. The lowest BCUT2D eigenvalue weighted by atomic mass is 9.87. The highest BCUT2D eigenvalue weighted by atomic mass is 79.9. The second kappa shape index (κ2) is 19.5. The number of hydrogen-bond donors (Lipinski definition) is 0. The van der Waals surface area contributed by atoms with Gasteiger partial charge in [0.2, 0.25) is 0 Å². The molecular formula is C31H53BrO6. The molecule has 6 atom stereocenters. The van der Waals surface area contributed by atoms with Crippen LogP contribution in [-0.2, 0) is 28.4 Å². The topological polar surface area (TPSA) is 55.4 Å². The van der Waals surface area contributed by atoms with Crippen molar-refractivity contribution in [1.82, 2.24) is 0 Å². The summed E-state index contributed by atoms with van der Waals surface area (Å²) in [7, 11) is 1.75. The molecule has 5 unspecified atom stereocenters. The van der Waals surface area contributed by atoms with Crippen LogP contribution in [0, 0.1) is 6.92 Å². The Morgan fingerprint density at radius 1 is 0.789 bits per heavy atom. The Balaban J connectivity index is 2.47. The van der Waals surface area contributed by atoms with Gasteiger partial charge in [0, 0.05) is 38.0 Å². The molecule has 38 heavy (non-hydrogen) atoms. The molecule has 0 amide bonds. The van der Waals surface area contributed by atoms with Gasteiger partial charge in [-0.25, -0.2) is 0 Å². The van der Waals surface area contributed by atoms with Gasteiger partial charge in [-0.1, -0.05) is 75.4 Å². The number of halogens is 1. The van der Waals surface area contributed by atoms with Crippen molar-refractivity contribution in [3.63, 3.8) is 0 Å². The van der Waals surface area contributed by atoms with E-state index in [4.69, 9.17) is 28.4 Å². The molecule has 0 bridgehead atoms. The van der Waals surface area contributed by atoms with E-state index in [1.807, 2.05) is 0 Å². The molecule has 7 heteroatoms. The van der Waals surface area contributed by atoms with Crippen molar-refractivity contribution in [3.05, 3.63) is 33.8 Å². The van der Waals surface area contributed by atoms with Gasteiger partial charge in [-0.15, -0.1) is 0 Å². The molecule has 0 spiro atoms. The van der Waals surface area contributed by atoms with Crippen LogP contribution < -0.4 is 0 Å². The number of unbranched alkanes of at least 4 members (excludes halogenated alkanes) is 4. The smallest absolute Gasteiger partial charge is 0.117 e. The number of rotatable bonds is 20. The van der Waals surface area contributed by atoms with Crippen molar-refractivity contribution in [2.45, 2.75) is 123 Å². The van der Waals surface area contributed by atoms with Gasteiger partial charge in [0.1, 0.15) is 36.6 Å². The van der Waals surface area contributed by atoms with E-state index < -0.39 is 0 Å². The zero-order valence-electron chi connectivity index (χ0n) is 24.7. The van der Waals surface area contributed by atoms with E-state index in [0.717, 1.165) is 67.0 Å². The van der Waals surface area contributed by atoms with Gasteiger partial charge in [-0.3, -0.25) is 0 Å². The third-order valence-electron chi connectivity index (χ3n) is 7.11. The summed E-state index contributed by atoms with van der Waals surface area (Å²) in [4.78, 5) is 0. The van der Waals surface area contributed by atoms with Crippen molar-refractivity contribution >= 4 is 15.9 Å². The molecule has 1 aromatic rings. The first kappa shape index (κ1) is 33.7. The molecule has 1 saturated heterocycles. The summed E-state index contributed by atoms with van der Waals surface area (Å²) >= 11 is 3.60. The van der Waals surface area contributed by atoms with Gasteiger partial charge in [-0.05, 0) is 55.9 Å². The van der Waals surface area contributed by atoms with Crippen LogP contribution in [0.2, 0.25) is 0 Å². The van der Waals surface area contributed by atoms with Crippen LogP contribution in [0.15, 0.2) is 22.7 Å². The molecule has 0 aliphatic carbocycles. The van der Waals surface area contributed by atoms with Crippen LogP contribution in [-0.4, -0.2) is 70.7 Å². The van der Waals surface area contributed by atoms with Gasteiger partial charge in [0.15, 0.2) is 0 Å². The monoisotopic (exact) mass is 600 g/mol. The fourth-order valence-electron chi connectivity index (χ4n) is 4.83. The summed E-state index contributed by atoms with van der Waals surface area (Å²) in [5.74, 6) is 0. The first-order valence-corrected chi connectivity index (χ1v) is 15.7. The summed E-state index contributed by atoms with van der Waals surface area (Å²) in [6, 6.07) is 6.29. The number of ether oxygens (including phenoxy) is 6. The highest BCUT2D eigenvalue weighted by Gasteiger charge is 2.51. The Labute approximate surface area is 240 Å². The van der Waals surface area contributed by atoms with Crippen molar-refractivity contribution < 1.29 is 28.4 Å². The molecule has 0 radical (unpaired) electrons. The normalized spacial score (nSPS) is 24.6. The lowest BCUT2D eigenvalue weighted by Crippen LogP contribution is -2.63. The van der Waals surface area contributed by atoms with Gasteiger partial charge in [-0.2, -0.15) is 0 Å². The minimum atomic E-state index is -0.367. The molecule has 6 nitrogen and oxygen atoms in total. The molecule has 1 aliphatic rings. The summed E-state index contributed by atoms with van der Waals surface area (Å²) in [5, 5.41) is 0. The molecule has 220 valence electrons. The summed E-state index contributed by atoms with van der Waals surface area (Å²) in [5.41, 5.74) is 2.23. The average molecular weight is 602 g/mol. The third kappa shape index (κ3) is 10.5. The molecule has 0 N–H and O–H groups in total. The zero-order valence-corrected chi connectivity index (χ0v) is 26.3. The molecule has 2 rings (SSSR count). The van der Waals surface area contributed by atoms with Crippen LogP contribution in [0.25, 0.3) is 0 Å². The predicted molar refractivity (Wildman–Crippen MR) is 157 cm³/mol. The maximum Gasteiger partial charge on any atom is 0.117 e. The van der Waals surface area contributed by atoms with E-state index in [2.05, 4.69) is 68.7 Å². The second-order valence-electron chi connectivity index (χ2n) is 10.3. The quantitative estimate of drug-likeness (QED) is 0.144. The van der Waals surface area contributed by atoms with Gasteiger partial charge in [0.05, 0.1) is 6.61 Å². The van der Waals surface area contributed by atoms with E-state index in [1.54, 1.807) is 7.11 Å². The molecule has 1 aliphatic heterocycles. The first-order valence-electron chi connectivity index (χ1n) is 14.9. The second-order valence-corrected chi connectivity index (χ2v) is 11.2. The minimum absolute atomic E-state index is 0.272. The van der Waals surface area contributed by atoms with Crippen LogP contribution in [0.5, 0.6) is 0 Å². The van der Waals surface area contributed by atoms with Crippen molar-refractivity contribution in [1.29, 1.82) is 0 Å². The van der Waals surface area contributed by atoms with Crippen LogP contribution in [0.4, 0.5) is 0 Å². The molecule has 1 heterocycles. The number of hydrogen-bond acceptors (Lipinski definition) is 6. The highest BCUT2D eigenvalue weighted by molar-refractivity contribution is 9.10. The Morgan fingerprint density at radius 2 is 1.34 bits per heavy atom. The van der Waals surface area contributed by atoms with E-state index in [9.17, 15) is 0 Å². The van der Waals surface area contributed by atoms with E-state index in [-0.39, 0.29) is 36.6 Å². The van der Waals surface area contributed by atoms with Crippen molar-refractivity contribution in [2.75, 3.05) is 40.1 Å². The van der Waals surface area contributed by atoms with Gasteiger partial charge in [0.25, 0.3) is 0 Å². The van der Waals surface area contributed by atoms with E-state index in [1.165, 1.54) is 0 Å². The fourth-order valence-corrected chi connectivity index (χ4v) is 5.31. The van der Waals surface area contributed by atoms with Gasteiger partial charge < -0.3 is 28.4 Å². The number of benzene rings is 1. The van der Waals surface area contributed by atoms with Crippen molar-refractivity contribution in [3.8, 4) is 0 Å². The zero-order chi connectivity index (χ0) is 27.8. The van der Waals surface area contributed by atoms with Gasteiger partial charge >= 0.3 is 0 Å². The van der Waals surface area contributed by atoms with Crippen LogP contribution in [0.1, 0.15) is 96.3 Å². The third-order valence-corrected chi connectivity index (χ3v) is 7.60. The van der Waals surface area contributed by atoms with E-state index >= 15 is 0 Å². The summed E-state index contributed by atoms with van der Waals surface area (Å²) < 4.78 is 40.0. The number of aryl methyl sites for hydroxylation is 1. The molecular weight excluding hydrogens is 548 g/mol. The lowest BCUT2D eigenvalue weighted by molar-refractivity contribution is -0.283. The lowest BCUT2D eigenvalue weighted by Gasteiger charge is -2.48. The molecule has 0 saturated carbocycles. The van der Waals surface area contributed by atoms with Crippen molar-refractivity contribution in [2.24, 2.45) is 0 Å². The standard InChI is InChI=1S/C31H53BrO6/c1-7-11-17-34-22-26-28(35-18-12-8-2)29(36-19-13-9-3)30(37-20-14-10-4)31(38-26)27(33-6)25-16-15-24(32)21-23(25)5/h15-16,21,26-31H,7-14,17-20,22H2,1-6H3/t26?,27-,28?,29?,30?,31?/m1/s1. The van der Waals surface area contributed by atoms with Crippen LogP contribution in [0.3, 0.4) is 0 Å². The first-order chi connectivity index (χ1) is 18.5. The Morgan fingerprint density at radius 3 is 1.89 bits per heavy atom. The van der Waals surface area contributed by atoms with Crippen LogP contribution >= 0.6 is 15.9 Å². The average Bonchev–Trinajstić information content (AvgIpc) is 2.90. The predicted octanol–water partition coefficient (Wildman–Crippen LogP) is 7.59.